The van der Waals surface area contributed by atoms with E-state index in [-0.39, 0.29) is 30.4 Å². The Kier molecular flexibility index (Phi) is 7.88. The summed E-state index contributed by atoms with van der Waals surface area (Å²) < 4.78 is 11.1. The Morgan fingerprint density at radius 1 is 1.16 bits per heavy atom. The first kappa shape index (κ1) is 26.2. The Balaban J connectivity index is 1.43. The molecule has 1 aliphatic heterocycles. The van der Waals surface area contributed by atoms with Crippen molar-refractivity contribution in [2.45, 2.75) is 76.4 Å². The van der Waals surface area contributed by atoms with Crippen molar-refractivity contribution in [2.24, 2.45) is 5.92 Å². The number of aliphatic hydroxyl groups is 1. The van der Waals surface area contributed by atoms with E-state index in [1.54, 1.807) is 0 Å². The molecule has 1 saturated carbocycles. The largest absolute Gasteiger partial charge is 0.494 e. The zero-order chi connectivity index (χ0) is 26.0. The Morgan fingerprint density at radius 3 is 2.78 bits per heavy atom. The summed E-state index contributed by atoms with van der Waals surface area (Å²) in [5.41, 5.74) is 1.87. The quantitative estimate of drug-likeness (QED) is 0.487. The van der Waals surface area contributed by atoms with Crippen LogP contribution in [0.25, 0.3) is 0 Å². The van der Waals surface area contributed by atoms with E-state index < -0.39 is 5.60 Å². The van der Waals surface area contributed by atoms with Crippen LogP contribution in [0.1, 0.15) is 84.3 Å². The van der Waals surface area contributed by atoms with Gasteiger partial charge in [-0.1, -0.05) is 31.0 Å². The first-order valence-corrected chi connectivity index (χ1v) is 14.5. The molecule has 0 spiro atoms. The number of likely N-dealkylation sites (tertiary alicyclic amines) is 1. The summed E-state index contributed by atoms with van der Waals surface area (Å²) in [6, 6.07) is 7.90. The molecule has 0 unspecified atom stereocenters. The summed E-state index contributed by atoms with van der Waals surface area (Å²) in [6.45, 7) is 3.33. The Morgan fingerprint density at radius 2 is 1.97 bits per heavy atom. The number of ether oxygens (including phenoxy) is 2. The first-order chi connectivity index (χ1) is 17.9. The number of para-hydroxylation sites is 1. The number of fused-ring (bicyclic) bond motifs is 2. The molecule has 2 fully saturated rings. The summed E-state index contributed by atoms with van der Waals surface area (Å²) in [5.74, 6) is 0.311. The fourth-order valence-electron chi connectivity index (χ4n) is 6.67. The molecule has 2 aromatic rings. The van der Waals surface area contributed by atoms with E-state index in [1.165, 1.54) is 23.3 Å². The second kappa shape index (κ2) is 11.1. The van der Waals surface area contributed by atoms with Crippen molar-refractivity contribution in [3.05, 3.63) is 45.8 Å². The third-order valence-electron chi connectivity index (χ3n) is 8.37. The van der Waals surface area contributed by atoms with Crippen molar-refractivity contribution in [1.82, 2.24) is 4.90 Å². The molecule has 200 valence electrons. The molecule has 2 heterocycles. The minimum absolute atomic E-state index is 0.0316. The molecule has 5 rings (SSSR count). The number of carbonyl (C=O) groups is 2. The molecule has 1 saturated heterocycles. The van der Waals surface area contributed by atoms with Gasteiger partial charge in [-0.25, -0.2) is 4.79 Å². The molecule has 8 heteroatoms. The topological polar surface area (TPSA) is 88.1 Å². The number of amides is 1. The molecule has 37 heavy (non-hydrogen) atoms. The van der Waals surface area contributed by atoms with E-state index in [4.69, 9.17) is 9.47 Å². The SMILES string of the molecule is CCOc1ccccc1[C@@H]1[C@@H]2CCCC[C@@]2(O)CCN1CC(=O)Nc1sc2c(c1C(=O)OC)CCCC2. The highest BCUT2D eigenvalue weighted by molar-refractivity contribution is 7.17. The molecule has 0 radical (unpaired) electrons. The fourth-order valence-corrected chi connectivity index (χ4v) is 7.96. The summed E-state index contributed by atoms with van der Waals surface area (Å²) >= 11 is 1.51. The van der Waals surface area contributed by atoms with Crippen molar-refractivity contribution in [3.8, 4) is 5.75 Å². The lowest BCUT2D eigenvalue weighted by molar-refractivity contribution is -0.135. The van der Waals surface area contributed by atoms with E-state index in [2.05, 4.69) is 16.3 Å². The number of thiophene rings is 1. The summed E-state index contributed by atoms with van der Waals surface area (Å²) in [6.07, 6.45) is 8.39. The molecule has 3 atom stereocenters. The van der Waals surface area contributed by atoms with E-state index in [0.717, 1.165) is 68.2 Å². The maximum absolute atomic E-state index is 13.5. The Hall–Kier alpha value is -2.42. The third-order valence-corrected chi connectivity index (χ3v) is 9.58. The second-order valence-corrected chi connectivity index (χ2v) is 11.7. The van der Waals surface area contributed by atoms with Gasteiger partial charge >= 0.3 is 5.97 Å². The average molecular weight is 527 g/mol. The summed E-state index contributed by atoms with van der Waals surface area (Å²) in [4.78, 5) is 29.5. The molecular formula is C29H38N2O5S. The number of nitrogens with zero attached hydrogens (tertiary/aromatic N) is 1. The number of esters is 1. The van der Waals surface area contributed by atoms with Crippen LogP contribution in [0, 0.1) is 5.92 Å². The Labute approximate surface area is 223 Å². The van der Waals surface area contributed by atoms with Gasteiger partial charge in [0.05, 0.1) is 31.4 Å². The van der Waals surface area contributed by atoms with Crippen LogP contribution in [0.2, 0.25) is 0 Å². The van der Waals surface area contributed by atoms with Crippen LogP contribution >= 0.6 is 11.3 Å². The minimum Gasteiger partial charge on any atom is -0.494 e. The van der Waals surface area contributed by atoms with Crippen LogP contribution in [-0.4, -0.2) is 54.3 Å². The second-order valence-electron chi connectivity index (χ2n) is 10.5. The van der Waals surface area contributed by atoms with Crippen LogP contribution < -0.4 is 10.1 Å². The van der Waals surface area contributed by atoms with Gasteiger partial charge in [0.2, 0.25) is 5.91 Å². The average Bonchev–Trinajstić information content (AvgIpc) is 3.26. The number of anilines is 1. The van der Waals surface area contributed by atoms with E-state index >= 15 is 0 Å². The predicted octanol–water partition coefficient (Wildman–Crippen LogP) is 5.12. The molecule has 2 aliphatic carbocycles. The van der Waals surface area contributed by atoms with Gasteiger partial charge in [0, 0.05) is 28.9 Å². The van der Waals surface area contributed by atoms with Gasteiger partial charge in [0.25, 0.3) is 0 Å². The van der Waals surface area contributed by atoms with Gasteiger partial charge in [-0.15, -0.1) is 11.3 Å². The maximum atomic E-state index is 13.5. The highest BCUT2D eigenvalue weighted by Gasteiger charge is 2.49. The number of methoxy groups -OCH3 is 1. The zero-order valence-electron chi connectivity index (χ0n) is 21.9. The highest BCUT2D eigenvalue weighted by atomic mass is 32.1. The molecule has 7 nitrogen and oxygen atoms in total. The predicted molar refractivity (Wildman–Crippen MR) is 144 cm³/mol. The van der Waals surface area contributed by atoms with Crippen molar-refractivity contribution >= 4 is 28.2 Å². The number of piperidine rings is 1. The van der Waals surface area contributed by atoms with Crippen molar-refractivity contribution in [2.75, 3.05) is 32.1 Å². The lowest BCUT2D eigenvalue weighted by Gasteiger charge is -2.52. The van der Waals surface area contributed by atoms with E-state index in [1.807, 2.05) is 25.1 Å². The van der Waals surface area contributed by atoms with Gasteiger partial charge < -0.3 is 19.9 Å². The Bertz CT molecular complexity index is 1150. The summed E-state index contributed by atoms with van der Waals surface area (Å²) in [7, 11) is 1.39. The van der Waals surface area contributed by atoms with Gasteiger partial charge in [0.15, 0.2) is 0 Å². The van der Waals surface area contributed by atoms with E-state index in [0.29, 0.717) is 30.1 Å². The number of rotatable bonds is 7. The number of hydrogen-bond donors (Lipinski definition) is 2. The lowest BCUT2D eigenvalue weighted by atomic mass is 9.66. The van der Waals surface area contributed by atoms with E-state index in [9.17, 15) is 14.7 Å². The first-order valence-electron chi connectivity index (χ1n) is 13.7. The summed E-state index contributed by atoms with van der Waals surface area (Å²) in [5, 5.41) is 15.3. The molecule has 2 N–H and O–H groups in total. The maximum Gasteiger partial charge on any atom is 0.341 e. The van der Waals surface area contributed by atoms with Gasteiger partial charge in [-0.3, -0.25) is 9.69 Å². The third kappa shape index (κ3) is 5.16. The van der Waals surface area contributed by atoms with Gasteiger partial charge in [-0.2, -0.15) is 0 Å². The lowest BCUT2D eigenvalue weighted by Crippen LogP contribution is -2.56. The minimum atomic E-state index is -0.722. The van der Waals surface area contributed by atoms with Crippen LogP contribution in [0.3, 0.4) is 0 Å². The van der Waals surface area contributed by atoms with Crippen LogP contribution in [0.15, 0.2) is 24.3 Å². The molecule has 1 aromatic carbocycles. The number of hydrogen-bond acceptors (Lipinski definition) is 7. The normalized spacial score (nSPS) is 25.6. The fraction of sp³-hybridized carbons (Fsp3) is 0.586. The van der Waals surface area contributed by atoms with Crippen LogP contribution in [0.5, 0.6) is 5.75 Å². The van der Waals surface area contributed by atoms with Crippen LogP contribution in [0.4, 0.5) is 5.00 Å². The smallest absolute Gasteiger partial charge is 0.341 e. The molecular weight excluding hydrogens is 488 g/mol. The molecule has 1 amide bonds. The standard InChI is InChI=1S/C29H38N2O5S/c1-3-36-22-13-6-4-10-19(22)26-21-12-8-9-15-29(21,34)16-17-31(26)18-24(32)30-27-25(28(33)35-2)20-11-5-7-14-23(20)37-27/h4,6,10,13,21,26,34H,3,5,7-9,11-12,14-18H2,1-2H3,(H,30,32)/t21-,26+,29+/m0/s1. The number of nitrogens with one attached hydrogen (secondary N) is 1. The van der Waals surface area contributed by atoms with Crippen molar-refractivity contribution < 1.29 is 24.2 Å². The molecule has 0 bridgehead atoms. The number of benzene rings is 1. The van der Waals surface area contributed by atoms with Crippen molar-refractivity contribution in [1.29, 1.82) is 0 Å². The van der Waals surface area contributed by atoms with Crippen molar-refractivity contribution in [3.63, 3.8) is 0 Å². The monoisotopic (exact) mass is 526 g/mol. The molecule has 1 aromatic heterocycles. The number of aryl methyl sites for hydroxylation is 1. The number of carbonyl (C=O) groups excluding carboxylic acids is 2. The zero-order valence-corrected chi connectivity index (χ0v) is 22.7. The van der Waals surface area contributed by atoms with Crippen LogP contribution in [-0.2, 0) is 22.4 Å². The van der Waals surface area contributed by atoms with Gasteiger partial charge in [-0.05, 0) is 63.5 Å². The highest BCUT2D eigenvalue weighted by Crippen LogP contribution is 2.50. The molecule has 3 aliphatic rings. The van der Waals surface area contributed by atoms with Gasteiger partial charge in [0.1, 0.15) is 10.8 Å².